The van der Waals surface area contributed by atoms with Crippen LogP contribution in [0.25, 0.3) is 0 Å². The molecule has 0 saturated heterocycles. The normalized spacial score (nSPS) is 10.4. The number of thiophene rings is 1. The Morgan fingerprint density at radius 3 is 2.72 bits per heavy atom. The third-order valence-electron chi connectivity index (χ3n) is 2.29. The molecule has 0 fully saturated rings. The highest BCUT2D eigenvalue weighted by atomic mass is 35.5. The van der Waals surface area contributed by atoms with Gasteiger partial charge in [0.1, 0.15) is 10.2 Å². The van der Waals surface area contributed by atoms with Crippen molar-refractivity contribution in [1.29, 1.82) is 0 Å². The molecule has 0 radical (unpaired) electrons. The first-order chi connectivity index (χ1) is 8.47. The number of aromatic nitrogens is 1. The highest BCUT2D eigenvalue weighted by molar-refractivity contribution is 7.20. The van der Waals surface area contributed by atoms with Gasteiger partial charge < -0.3 is 11.1 Å². The molecule has 0 atom stereocenters. The van der Waals surface area contributed by atoms with E-state index >= 15 is 0 Å². The molecular formula is C11H9Cl2N3OS. The second-order valence-electron chi connectivity index (χ2n) is 3.62. The summed E-state index contributed by atoms with van der Waals surface area (Å²) in [6.45, 7) is 1.83. The van der Waals surface area contributed by atoms with E-state index in [1.54, 1.807) is 6.07 Å². The van der Waals surface area contributed by atoms with Crippen molar-refractivity contribution in [3.05, 3.63) is 38.1 Å². The number of amides is 1. The molecule has 0 aliphatic heterocycles. The maximum atomic E-state index is 11.9. The van der Waals surface area contributed by atoms with E-state index < -0.39 is 0 Å². The summed E-state index contributed by atoms with van der Waals surface area (Å²) in [5.74, 6) is 0.0740. The molecule has 2 aromatic rings. The molecule has 0 saturated carbocycles. The topological polar surface area (TPSA) is 68.0 Å². The Kier molecular flexibility index (Phi) is 3.75. The van der Waals surface area contributed by atoms with Gasteiger partial charge in [0.25, 0.3) is 5.91 Å². The Labute approximate surface area is 118 Å². The molecule has 2 rings (SSSR count). The van der Waals surface area contributed by atoms with Crippen LogP contribution >= 0.6 is 34.5 Å². The Morgan fingerprint density at radius 2 is 2.17 bits per heavy atom. The molecule has 0 aliphatic rings. The van der Waals surface area contributed by atoms with Crippen molar-refractivity contribution in [2.75, 3.05) is 11.1 Å². The number of nitrogens with two attached hydrogens (primary N) is 1. The van der Waals surface area contributed by atoms with E-state index in [1.807, 2.05) is 6.92 Å². The van der Waals surface area contributed by atoms with Gasteiger partial charge in [-0.1, -0.05) is 23.2 Å². The minimum Gasteiger partial charge on any atom is -0.397 e. The van der Waals surface area contributed by atoms with E-state index in [0.29, 0.717) is 25.7 Å². The van der Waals surface area contributed by atoms with Crippen LogP contribution in [0.5, 0.6) is 0 Å². The van der Waals surface area contributed by atoms with E-state index in [0.717, 1.165) is 16.9 Å². The predicted molar refractivity (Wildman–Crippen MR) is 75.7 cm³/mol. The van der Waals surface area contributed by atoms with E-state index in [1.165, 1.54) is 12.3 Å². The zero-order valence-electron chi connectivity index (χ0n) is 9.33. The van der Waals surface area contributed by atoms with Crippen LogP contribution in [0.3, 0.4) is 0 Å². The fraction of sp³-hybridized carbons (Fsp3) is 0.0909. The van der Waals surface area contributed by atoms with Crippen molar-refractivity contribution in [3.63, 3.8) is 0 Å². The molecule has 94 valence electrons. The average Bonchev–Trinajstić information content (AvgIpc) is 2.63. The molecule has 0 bridgehead atoms. The Morgan fingerprint density at radius 1 is 1.44 bits per heavy atom. The van der Waals surface area contributed by atoms with E-state index in [-0.39, 0.29) is 5.91 Å². The first-order valence-corrected chi connectivity index (χ1v) is 6.53. The highest BCUT2D eigenvalue weighted by Crippen LogP contribution is 2.31. The first-order valence-electron chi connectivity index (χ1n) is 4.95. The van der Waals surface area contributed by atoms with Crippen LogP contribution in [0.1, 0.15) is 15.9 Å². The number of nitrogen functional groups attached to an aromatic ring is 1. The quantitative estimate of drug-likeness (QED) is 0.890. The Balaban J connectivity index is 2.21. The van der Waals surface area contributed by atoms with Gasteiger partial charge in [0.15, 0.2) is 0 Å². The molecule has 0 aromatic carbocycles. The minimum absolute atomic E-state index is 0.336. The van der Waals surface area contributed by atoms with Crippen LogP contribution in [-0.4, -0.2) is 10.9 Å². The molecule has 3 N–H and O–H groups in total. The van der Waals surface area contributed by atoms with Crippen LogP contribution in [0.15, 0.2) is 18.3 Å². The summed E-state index contributed by atoms with van der Waals surface area (Å²) in [6, 6.07) is 3.21. The first kappa shape index (κ1) is 13.1. The number of halogens is 2. The number of nitrogens with zero attached hydrogens (tertiary/aromatic N) is 1. The number of rotatable bonds is 2. The molecule has 7 heteroatoms. The van der Waals surface area contributed by atoms with E-state index in [4.69, 9.17) is 28.9 Å². The number of hydrogen-bond donors (Lipinski definition) is 2. The number of carbonyl (C=O) groups is 1. The van der Waals surface area contributed by atoms with Gasteiger partial charge in [-0.2, -0.15) is 0 Å². The van der Waals surface area contributed by atoms with Gasteiger partial charge in [0.2, 0.25) is 0 Å². The Hall–Kier alpha value is -1.30. The summed E-state index contributed by atoms with van der Waals surface area (Å²) in [5, 5.41) is 2.64. The van der Waals surface area contributed by atoms with Crippen molar-refractivity contribution in [1.82, 2.24) is 4.98 Å². The summed E-state index contributed by atoms with van der Waals surface area (Å²) >= 11 is 12.8. The second-order valence-corrected chi connectivity index (χ2v) is 5.90. The number of pyridine rings is 1. The van der Waals surface area contributed by atoms with Crippen molar-refractivity contribution in [2.24, 2.45) is 0 Å². The fourth-order valence-corrected chi connectivity index (χ4v) is 2.77. The van der Waals surface area contributed by atoms with Gasteiger partial charge in [-0.15, -0.1) is 11.3 Å². The smallest absolute Gasteiger partial charge is 0.259 e. The molecule has 0 aliphatic carbocycles. The average molecular weight is 302 g/mol. The molecular weight excluding hydrogens is 293 g/mol. The molecule has 4 nitrogen and oxygen atoms in total. The maximum Gasteiger partial charge on any atom is 0.259 e. The zero-order valence-corrected chi connectivity index (χ0v) is 11.7. The lowest BCUT2D eigenvalue weighted by Gasteiger charge is -2.05. The van der Waals surface area contributed by atoms with E-state index in [9.17, 15) is 4.79 Å². The zero-order chi connectivity index (χ0) is 13.3. The van der Waals surface area contributed by atoms with Gasteiger partial charge >= 0.3 is 0 Å². The molecule has 0 unspecified atom stereocenters. The van der Waals surface area contributed by atoms with Crippen LogP contribution in [-0.2, 0) is 0 Å². The van der Waals surface area contributed by atoms with E-state index in [2.05, 4.69) is 10.3 Å². The van der Waals surface area contributed by atoms with Gasteiger partial charge in [-0.3, -0.25) is 4.79 Å². The van der Waals surface area contributed by atoms with Gasteiger partial charge in [-0.25, -0.2) is 4.98 Å². The van der Waals surface area contributed by atoms with Crippen LogP contribution in [0, 0.1) is 6.92 Å². The second kappa shape index (κ2) is 5.14. The monoisotopic (exact) mass is 301 g/mol. The summed E-state index contributed by atoms with van der Waals surface area (Å²) in [6.07, 6.45) is 1.49. The summed E-state index contributed by atoms with van der Waals surface area (Å²) in [4.78, 5) is 15.9. The minimum atomic E-state index is -0.347. The highest BCUT2D eigenvalue weighted by Gasteiger charge is 2.14. The lowest BCUT2D eigenvalue weighted by Crippen LogP contribution is -2.12. The van der Waals surface area contributed by atoms with Gasteiger partial charge in [-0.05, 0) is 24.6 Å². The van der Waals surface area contributed by atoms with Crippen molar-refractivity contribution in [3.8, 4) is 0 Å². The van der Waals surface area contributed by atoms with Crippen LogP contribution in [0.2, 0.25) is 8.67 Å². The molecule has 2 aromatic heterocycles. The lowest BCUT2D eigenvalue weighted by atomic mass is 10.2. The third kappa shape index (κ3) is 2.75. The maximum absolute atomic E-state index is 11.9. The molecule has 0 spiro atoms. The fourth-order valence-electron chi connectivity index (χ4n) is 1.31. The van der Waals surface area contributed by atoms with Crippen LogP contribution < -0.4 is 11.1 Å². The third-order valence-corrected chi connectivity index (χ3v) is 3.78. The number of anilines is 2. The Bertz CT molecular complexity index is 612. The summed E-state index contributed by atoms with van der Waals surface area (Å²) in [7, 11) is 0. The number of nitrogens with one attached hydrogen (secondary N) is 1. The van der Waals surface area contributed by atoms with Crippen molar-refractivity contribution < 1.29 is 4.79 Å². The molecule has 1 amide bonds. The SMILES string of the molecule is Cc1cc(NC(=O)c2cc(Cl)sc2Cl)ncc1N. The number of aryl methyl sites for hydroxylation is 1. The van der Waals surface area contributed by atoms with Crippen molar-refractivity contribution in [2.45, 2.75) is 6.92 Å². The van der Waals surface area contributed by atoms with Crippen LogP contribution in [0.4, 0.5) is 11.5 Å². The number of carbonyl (C=O) groups excluding carboxylic acids is 1. The standard InChI is InChI=1S/C11H9Cl2N3OS/c1-5-2-9(15-4-7(5)14)16-11(17)6-3-8(12)18-10(6)13/h2-4H,14H2,1H3,(H,15,16,17). The number of hydrogen-bond acceptors (Lipinski definition) is 4. The lowest BCUT2D eigenvalue weighted by molar-refractivity contribution is 0.102. The van der Waals surface area contributed by atoms with Crippen molar-refractivity contribution >= 4 is 52.0 Å². The van der Waals surface area contributed by atoms with Gasteiger partial charge in [0, 0.05) is 0 Å². The summed E-state index contributed by atoms with van der Waals surface area (Å²) < 4.78 is 0.816. The molecule has 2 heterocycles. The predicted octanol–water partition coefficient (Wildman–Crippen LogP) is 3.59. The largest absolute Gasteiger partial charge is 0.397 e. The van der Waals surface area contributed by atoms with Gasteiger partial charge in [0.05, 0.1) is 21.8 Å². The molecule has 18 heavy (non-hydrogen) atoms. The summed E-state index contributed by atoms with van der Waals surface area (Å²) in [5.41, 5.74) is 7.40.